The maximum Gasteiger partial charge on any atom is 0.329 e. The summed E-state index contributed by atoms with van der Waals surface area (Å²) < 4.78 is 1.88. The molecule has 0 aliphatic rings. The molecule has 0 aliphatic carbocycles. The average molecular weight is 245 g/mol. The van der Waals surface area contributed by atoms with Gasteiger partial charge in [-0.25, -0.2) is 4.79 Å². The van der Waals surface area contributed by atoms with Crippen LogP contribution >= 0.6 is 0 Å². The number of carbonyl (C=O) groups is 1. The molecule has 0 saturated heterocycles. The van der Waals surface area contributed by atoms with Crippen LogP contribution in [0.1, 0.15) is 33.1 Å². The second-order valence-electron chi connectivity index (χ2n) is 4.73. The van der Waals surface area contributed by atoms with E-state index in [9.17, 15) is 9.90 Å². The Kier molecular flexibility index (Phi) is 3.41. The van der Waals surface area contributed by atoms with E-state index in [4.69, 9.17) is 0 Å². The molecule has 2 rings (SSSR count). The van der Waals surface area contributed by atoms with E-state index in [0.717, 1.165) is 17.2 Å². The van der Waals surface area contributed by atoms with Gasteiger partial charge in [0.1, 0.15) is 5.54 Å². The third-order valence-electron chi connectivity index (χ3n) is 3.69. The molecule has 0 saturated carbocycles. The average Bonchev–Trinajstić information content (AvgIpc) is 2.79. The predicted molar refractivity (Wildman–Crippen MR) is 72.7 cm³/mol. The van der Waals surface area contributed by atoms with Gasteiger partial charge >= 0.3 is 5.97 Å². The lowest BCUT2D eigenvalue weighted by atomic mass is 9.90. The standard InChI is InChI=1S/C15H19NO2/c1-3-9-15(4-2,14(17)18)16-10-12-7-5-6-8-13(12)11-16/h5-8,10-11H,3-4,9H2,1-2H3,(H,17,18). The smallest absolute Gasteiger partial charge is 0.329 e. The normalized spacial score (nSPS) is 14.6. The Balaban J connectivity index is 2.56. The van der Waals surface area contributed by atoms with Gasteiger partial charge in [0.2, 0.25) is 0 Å². The number of aromatic nitrogens is 1. The van der Waals surface area contributed by atoms with Crippen LogP contribution in [-0.2, 0) is 10.3 Å². The second kappa shape index (κ2) is 4.84. The zero-order chi connectivity index (χ0) is 13.2. The van der Waals surface area contributed by atoms with Crippen molar-refractivity contribution < 1.29 is 9.90 Å². The first-order valence-electron chi connectivity index (χ1n) is 6.44. The van der Waals surface area contributed by atoms with E-state index in [1.807, 2.05) is 55.1 Å². The van der Waals surface area contributed by atoms with Gasteiger partial charge in [-0.15, -0.1) is 0 Å². The summed E-state index contributed by atoms with van der Waals surface area (Å²) in [4.78, 5) is 11.7. The fraction of sp³-hybridized carbons (Fsp3) is 0.400. The summed E-state index contributed by atoms with van der Waals surface area (Å²) in [5.41, 5.74) is -0.812. The van der Waals surface area contributed by atoms with E-state index in [0.29, 0.717) is 12.8 Å². The van der Waals surface area contributed by atoms with Crippen molar-refractivity contribution in [2.75, 3.05) is 0 Å². The van der Waals surface area contributed by atoms with Gasteiger partial charge in [0.05, 0.1) is 0 Å². The third-order valence-corrected chi connectivity index (χ3v) is 3.69. The molecule has 0 fully saturated rings. The molecule has 96 valence electrons. The summed E-state index contributed by atoms with van der Waals surface area (Å²) in [6.45, 7) is 3.96. The lowest BCUT2D eigenvalue weighted by molar-refractivity contribution is -0.148. The van der Waals surface area contributed by atoms with Crippen LogP contribution in [0.2, 0.25) is 0 Å². The van der Waals surface area contributed by atoms with E-state index in [1.54, 1.807) is 0 Å². The molecule has 3 nitrogen and oxygen atoms in total. The Morgan fingerprint density at radius 3 is 2.17 bits per heavy atom. The fourth-order valence-electron chi connectivity index (χ4n) is 2.60. The number of carboxylic acids is 1. The van der Waals surface area contributed by atoms with Crippen molar-refractivity contribution in [3.8, 4) is 0 Å². The van der Waals surface area contributed by atoms with Crippen LogP contribution in [0.25, 0.3) is 10.8 Å². The van der Waals surface area contributed by atoms with Gasteiger partial charge in [-0.1, -0.05) is 44.5 Å². The molecule has 1 heterocycles. The Labute approximate surface area is 107 Å². The number of rotatable bonds is 5. The molecule has 0 radical (unpaired) electrons. The van der Waals surface area contributed by atoms with Gasteiger partial charge in [-0.3, -0.25) is 0 Å². The highest BCUT2D eigenvalue weighted by Crippen LogP contribution is 2.30. The van der Waals surface area contributed by atoms with Gasteiger partial charge in [-0.05, 0) is 23.6 Å². The minimum atomic E-state index is -0.812. The number of fused-ring (bicyclic) bond motifs is 1. The Hall–Kier alpha value is -1.77. The lowest BCUT2D eigenvalue weighted by Gasteiger charge is -2.29. The van der Waals surface area contributed by atoms with Crippen molar-refractivity contribution in [3.05, 3.63) is 36.7 Å². The first-order chi connectivity index (χ1) is 8.64. The molecular weight excluding hydrogens is 226 g/mol. The van der Waals surface area contributed by atoms with Gasteiger partial charge < -0.3 is 9.67 Å². The summed E-state index contributed by atoms with van der Waals surface area (Å²) in [5, 5.41) is 11.8. The summed E-state index contributed by atoms with van der Waals surface area (Å²) in [6, 6.07) is 7.97. The molecule has 1 unspecified atom stereocenters. The first-order valence-corrected chi connectivity index (χ1v) is 6.44. The monoisotopic (exact) mass is 245 g/mol. The summed E-state index contributed by atoms with van der Waals surface area (Å²) in [6.07, 6.45) is 6.00. The van der Waals surface area contributed by atoms with Crippen LogP contribution in [0, 0.1) is 0 Å². The van der Waals surface area contributed by atoms with Crippen molar-refractivity contribution >= 4 is 16.7 Å². The van der Waals surface area contributed by atoms with Crippen LogP contribution in [-0.4, -0.2) is 15.6 Å². The maximum absolute atomic E-state index is 11.7. The minimum absolute atomic E-state index is 0.594. The second-order valence-corrected chi connectivity index (χ2v) is 4.73. The molecule has 2 aromatic rings. The summed E-state index contributed by atoms with van der Waals surface area (Å²) in [5.74, 6) is -0.743. The number of nitrogens with zero attached hydrogens (tertiary/aromatic N) is 1. The number of hydrogen-bond acceptors (Lipinski definition) is 1. The van der Waals surface area contributed by atoms with Crippen molar-refractivity contribution in [1.29, 1.82) is 0 Å². The van der Waals surface area contributed by atoms with E-state index in [1.165, 1.54) is 0 Å². The molecule has 1 aromatic carbocycles. The molecule has 0 aliphatic heterocycles. The van der Waals surface area contributed by atoms with Crippen LogP contribution in [0.3, 0.4) is 0 Å². The van der Waals surface area contributed by atoms with Crippen LogP contribution in [0.5, 0.6) is 0 Å². The minimum Gasteiger partial charge on any atom is -0.479 e. The van der Waals surface area contributed by atoms with E-state index < -0.39 is 11.5 Å². The molecule has 1 N–H and O–H groups in total. The van der Waals surface area contributed by atoms with Gasteiger partial charge in [-0.2, -0.15) is 0 Å². The zero-order valence-electron chi connectivity index (χ0n) is 10.9. The molecule has 0 amide bonds. The Morgan fingerprint density at radius 1 is 1.22 bits per heavy atom. The predicted octanol–water partition coefficient (Wildman–Crippen LogP) is 3.63. The fourth-order valence-corrected chi connectivity index (χ4v) is 2.60. The van der Waals surface area contributed by atoms with Crippen molar-refractivity contribution in [2.24, 2.45) is 0 Å². The van der Waals surface area contributed by atoms with Gasteiger partial charge in [0.15, 0.2) is 0 Å². The summed E-state index contributed by atoms with van der Waals surface area (Å²) in [7, 11) is 0. The Morgan fingerprint density at radius 2 is 1.78 bits per heavy atom. The van der Waals surface area contributed by atoms with E-state index in [2.05, 4.69) is 0 Å². The van der Waals surface area contributed by atoms with Crippen molar-refractivity contribution in [1.82, 2.24) is 4.57 Å². The number of carboxylic acid groups (broad SMARTS) is 1. The van der Waals surface area contributed by atoms with E-state index >= 15 is 0 Å². The molecule has 0 bridgehead atoms. The van der Waals surface area contributed by atoms with Crippen LogP contribution < -0.4 is 0 Å². The largest absolute Gasteiger partial charge is 0.479 e. The van der Waals surface area contributed by atoms with Gasteiger partial charge in [0.25, 0.3) is 0 Å². The topological polar surface area (TPSA) is 42.2 Å². The highest BCUT2D eigenvalue weighted by molar-refractivity contribution is 5.84. The molecule has 1 atom stereocenters. The zero-order valence-corrected chi connectivity index (χ0v) is 10.9. The van der Waals surface area contributed by atoms with Gasteiger partial charge in [0, 0.05) is 12.4 Å². The molecule has 1 aromatic heterocycles. The lowest BCUT2D eigenvalue weighted by Crippen LogP contribution is -2.40. The molecule has 18 heavy (non-hydrogen) atoms. The maximum atomic E-state index is 11.7. The highest BCUT2D eigenvalue weighted by atomic mass is 16.4. The first kappa shape index (κ1) is 12.7. The molecule has 0 spiro atoms. The molecule has 3 heteroatoms. The van der Waals surface area contributed by atoms with Crippen molar-refractivity contribution in [3.63, 3.8) is 0 Å². The van der Waals surface area contributed by atoms with Crippen LogP contribution in [0.15, 0.2) is 36.7 Å². The highest BCUT2D eigenvalue weighted by Gasteiger charge is 2.37. The third kappa shape index (κ3) is 1.90. The summed E-state index contributed by atoms with van der Waals surface area (Å²) >= 11 is 0. The Bertz CT molecular complexity index is 525. The number of aliphatic carboxylic acids is 1. The quantitative estimate of drug-likeness (QED) is 0.874. The van der Waals surface area contributed by atoms with E-state index in [-0.39, 0.29) is 0 Å². The number of hydrogen-bond donors (Lipinski definition) is 1. The van der Waals surface area contributed by atoms with Crippen molar-refractivity contribution in [2.45, 2.75) is 38.6 Å². The SMILES string of the molecule is CCCC(CC)(C(=O)O)n1cc2ccccc2c1. The molecular formula is C15H19NO2. The van der Waals surface area contributed by atoms with Crippen LogP contribution in [0.4, 0.5) is 0 Å². The number of benzene rings is 1.